The number of oxime groups is 1. The van der Waals surface area contributed by atoms with Gasteiger partial charge >= 0.3 is 0 Å². The summed E-state index contributed by atoms with van der Waals surface area (Å²) in [5, 5.41) is 26.4. The Labute approximate surface area is 147 Å². The first-order chi connectivity index (χ1) is 11.7. The molecule has 0 saturated carbocycles. The van der Waals surface area contributed by atoms with Crippen molar-refractivity contribution in [1.29, 1.82) is 0 Å². The van der Waals surface area contributed by atoms with Crippen LogP contribution in [0.5, 0.6) is 0 Å². The van der Waals surface area contributed by atoms with Crippen LogP contribution in [0.25, 0.3) is 0 Å². The normalized spacial score (nSPS) is 16.0. The number of amides is 1. The molecule has 0 radical (unpaired) electrons. The van der Waals surface area contributed by atoms with E-state index in [1.165, 1.54) is 20.2 Å². The smallest absolute Gasteiger partial charge is 0.265 e. The van der Waals surface area contributed by atoms with Crippen molar-refractivity contribution in [2.45, 2.75) is 46.0 Å². The van der Waals surface area contributed by atoms with Crippen LogP contribution in [0.4, 0.5) is 5.69 Å². The lowest BCUT2D eigenvalue weighted by Crippen LogP contribution is -2.46. The summed E-state index contributed by atoms with van der Waals surface area (Å²) >= 11 is 0. The van der Waals surface area contributed by atoms with Crippen LogP contribution in [-0.4, -0.2) is 58.8 Å². The minimum atomic E-state index is -1.27. The van der Waals surface area contributed by atoms with Crippen molar-refractivity contribution in [3.05, 3.63) is 24.5 Å². The van der Waals surface area contributed by atoms with E-state index < -0.39 is 29.6 Å². The second kappa shape index (κ2) is 9.45. The van der Waals surface area contributed by atoms with Gasteiger partial charge in [0, 0.05) is 13.3 Å². The van der Waals surface area contributed by atoms with Crippen molar-refractivity contribution in [3.8, 4) is 0 Å². The van der Waals surface area contributed by atoms with Crippen LogP contribution in [0, 0.1) is 5.41 Å². The Morgan fingerprint density at radius 3 is 2.56 bits per heavy atom. The fourth-order valence-corrected chi connectivity index (χ4v) is 2.22. The standard InChI is InChI=1S/C17H27N3O5/c1-11(21)15(23)14(16(24-5)17(2,3)4)20-25-10-13(22)19-12-7-6-8-18-9-12/h6-9,11,15-16,21,23H,10H2,1-5H3,(H,19,22)/b20-14+/t11-,15+,16-/m1/s1. The maximum absolute atomic E-state index is 11.9. The summed E-state index contributed by atoms with van der Waals surface area (Å²) in [5.41, 5.74) is 0.262. The number of ether oxygens (including phenoxy) is 1. The van der Waals surface area contributed by atoms with Crippen LogP contribution in [0.1, 0.15) is 27.7 Å². The van der Waals surface area contributed by atoms with Gasteiger partial charge in [-0.3, -0.25) is 9.78 Å². The summed E-state index contributed by atoms with van der Waals surface area (Å²) in [4.78, 5) is 20.8. The SMILES string of the molecule is CO[C@H](/C(=N/OCC(=O)Nc1cccnc1)[C@@H](O)[C@@H](C)O)C(C)(C)C. The van der Waals surface area contributed by atoms with E-state index in [0.29, 0.717) is 5.69 Å². The number of carbonyl (C=O) groups is 1. The number of aromatic nitrogens is 1. The van der Waals surface area contributed by atoms with E-state index in [1.54, 1.807) is 18.3 Å². The molecule has 0 bridgehead atoms. The summed E-state index contributed by atoms with van der Waals surface area (Å²) in [6.45, 7) is 6.79. The molecule has 0 aliphatic carbocycles. The average molecular weight is 353 g/mol. The molecule has 8 heteroatoms. The molecule has 1 amide bonds. The number of aliphatic hydroxyl groups excluding tert-OH is 2. The summed E-state index contributed by atoms with van der Waals surface area (Å²) in [7, 11) is 1.48. The number of methoxy groups -OCH3 is 1. The average Bonchev–Trinajstić information content (AvgIpc) is 2.53. The van der Waals surface area contributed by atoms with Crippen molar-refractivity contribution >= 4 is 17.3 Å². The summed E-state index contributed by atoms with van der Waals surface area (Å²) in [5.74, 6) is -0.424. The molecule has 3 N–H and O–H groups in total. The van der Waals surface area contributed by atoms with E-state index in [2.05, 4.69) is 15.5 Å². The molecule has 3 atom stereocenters. The molecular formula is C17H27N3O5. The highest BCUT2D eigenvalue weighted by molar-refractivity contribution is 5.94. The predicted molar refractivity (Wildman–Crippen MR) is 94.2 cm³/mol. The third-order valence-corrected chi connectivity index (χ3v) is 3.36. The lowest BCUT2D eigenvalue weighted by Gasteiger charge is -2.32. The fourth-order valence-electron chi connectivity index (χ4n) is 2.22. The van der Waals surface area contributed by atoms with Gasteiger partial charge in [0.1, 0.15) is 17.9 Å². The van der Waals surface area contributed by atoms with Crippen LogP contribution in [0.2, 0.25) is 0 Å². The zero-order valence-electron chi connectivity index (χ0n) is 15.3. The van der Waals surface area contributed by atoms with Gasteiger partial charge in [-0.25, -0.2) is 0 Å². The first-order valence-electron chi connectivity index (χ1n) is 7.95. The lowest BCUT2D eigenvalue weighted by atomic mass is 9.83. The van der Waals surface area contributed by atoms with Gasteiger partial charge in [0.2, 0.25) is 0 Å². The molecule has 0 fully saturated rings. The van der Waals surface area contributed by atoms with E-state index in [0.717, 1.165) is 0 Å². The number of carbonyl (C=O) groups excluding carboxylic acids is 1. The quantitative estimate of drug-likeness (QED) is 0.478. The predicted octanol–water partition coefficient (Wildman–Crippen LogP) is 1.20. The third kappa shape index (κ3) is 6.77. The van der Waals surface area contributed by atoms with Gasteiger partial charge in [0.25, 0.3) is 5.91 Å². The monoisotopic (exact) mass is 353 g/mol. The minimum Gasteiger partial charge on any atom is -0.390 e. The van der Waals surface area contributed by atoms with E-state index in [9.17, 15) is 15.0 Å². The van der Waals surface area contributed by atoms with Gasteiger partial charge in [0.15, 0.2) is 6.61 Å². The van der Waals surface area contributed by atoms with Gasteiger partial charge < -0.3 is 25.1 Å². The Balaban J connectivity index is 2.79. The topological polar surface area (TPSA) is 113 Å². The van der Waals surface area contributed by atoms with Crippen LogP contribution in [0.3, 0.4) is 0 Å². The molecule has 0 aliphatic rings. The molecular weight excluding hydrogens is 326 g/mol. The number of nitrogens with zero attached hydrogens (tertiary/aromatic N) is 2. The molecule has 8 nitrogen and oxygen atoms in total. The molecule has 0 saturated heterocycles. The second-order valence-corrected chi connectivity index (χ2v) is 6.75. The number of rotatable bonds is 8. The van der Waals surface area contributed by atoms with Crippen molar-refractivity contribution in [2.75, 3.05) is 19.0 Å². The zero-order chi connectivity index (χ0) is 19.0. The molecule has 0 aromatic carbocycles. The molecule has 1 aromatic heterocycles. The Morgan fingerprint density at radius 1 is 1.40 bits per heavy atom. The van der Waals surface area contributed by atoms with Gasteiger partial charge in [0.05, 0.1) is 18.0 Å². The van der Waals surface area contributed by atoms with Gasteiger partial charge in [-0.1, -0.05) is 25.9 Å². The number of aliphatic hydroxyl groups is 2. The maximum atomic E-state index is 11.9. The summed E-state index contributed by atoms with van der Waals surface area (Å²) in [6, 6.07) is 3.38. The largest absolute Gasteiger partial charge is 0.390 e. The van der Waals surface area contributed by atoms with E-state index in [4.69, 9.17) is 9.57 Å². The third-order valence-electron chi connectivity index (χ3n) is 3.36. The highest BCUT2D eigenvalue weighted by Crippen LogP contribution is 2.25. The highest BCUT2D eigenvalue weighted by atomic mass is 16.6. The minimum absolute atomic E-state index is 0.124. The maximum Gasteiger partial charge on any atom is 0.265 e. The number of hydrogen-bond donors (Lipinski definition) is 3. The van der Waals surface area contributed by atoms with Crippen LogP contribution in [0.15, 0.2) is 29.7 Å². The number of hydrogen-bond acceptors (Lipinski definition) is 7. The van der Waals surface area contributed by atoms with Crippen LogP contribution in [-0.2, 0) is 14.4 Å². The Bertz CT molecular complexity index is 569. The molecule has 1 heterocycles. The molecule has 0 spiro atoms. The molecule has 140 valence electrons. The summed E-state index contributed by atoms with van der Waals surface area (Å²) in [6.07, 6.45) is 0.164. The van der Waals surface area contributed by atoms with Gasteiger partial charge in [-0.05, 0) is 24.5 Å². The van der Waals surface area contributed by atoms with E-state index >= 15 is 0 Å². The molecule has 25 heavy (non-hydrogen) atoms. The van der Waals surface area contributed by atoms with Gasteiger partial charge in [-0.2, -0.15) is 0 Å². The van der Waals surface area contributed by atoms with E-state index in [-0.39, 0.29) is 12.3 Å². The van der Waals surface area contributed by atoms with Crippen LogP contribution < -0.4 is 5.32 Å². The number of anilines is 1. The second-order valence-electron chi connectivity index (χ2n) is 6.75. The number of nitrogens with one attached hydrogen (secondary N) is 1. The van der Waals surface area contributed by atoms with E-state index in [1.807, 2.05) is 20.8 Å². The molecule has 0 aliphatic heterocycles. The van der Waals surface area contributed by atoms with Crippen molar-refractivity contribution in [2.24, 2.45) is 10.6 Å². The Morgan fingerprint density at radius 2 is 2.08 bits per heavy atom. The van der Waals surface area contributed by atoms with Gasteiger partial charge in [-0.15, -0.1) is 0 Å². The first kappa shape index (κ1) is 21.0. The summed E-state index contributed by atoms with van der Waals surface area (Å²) < 4.78 is 5.41. The number of pyridine rings is 1. The first-order valence-corrected chi connectivity index (χ1v) is 7.95. The van der Waals surface area contributed by atoms with Crippen molar-refractivity contribution in [3.63, 3.8) is 0 Å². The zero-order valence-corrected chi connectivity index (χ0v) is 15.3. The highest BCUT2D eigenvalue weighted by Gasteiger charge is 2.35. The molecule has 1 aromatic rings. The van der Waals surface area contributed by atoms with Crippen molar-refractivity contribution < 1.29 is 24.6 Å². The molecule has 1 rings (SSSR count). The fraction of sp³-hybridized carbons (Fsp3) is 0.588. The Kier molecular flexibility index (Phi) is 7.95. The van der Waals surface area contributed by atoms with Crippen molar-refractivity contribution in [1.82, 2.24) is 4.98 Å². The Hall–Kier alpha value is -2.03. The molecule has 0 unspecified atom stereocenters. The van der Waals surface area contributed by atoms with Crippen LogP contribution >= 0.6 is 0 Å². The lowest BCUT2D eigenvalue weighted by molar-refractivity contribution is -0.120.